The van der Waals surface area contributed by atoms with Crippen molar-refractivity contribution in [2.24, 2.45) is 5.92 Å². The molecule has 7 rings (SSSR count). The molecule has 2 aromatic carbocycles. The Bertz CT molecular complexity index is 1680. The van der Waals surface area contributed by atoms with Crippen LogP contribution < -0.4 is 20.9 Å². The van der Waals surface area contributed by atoms with Crippen LogP contribution in [-0.4, -0.2) is 61.2 Å². The van der Waals surface area contributed by atoms with E-state index in [9.17, 15) is 9.90 Å². The van der Waals surface area contributed by atoms with E-state index in [0.717, 1.165) is 71.3 Å². The van der Waals surface area contributed by atoms with Crippen LogP contribution in [-0.2, 0) is 17.8 Å². The van der Waals surface area contributed by atoms with Crippen molar-refractivity contribution in [3.63, 3.8) is 0 Å². The Kier molecular flexibility index (Phi) is 7.18. The summed E-state index contributed by atoms with van der Waals surface area (Å²) >= 11 is 0. The Morgan fingerprint density at radius 2 is 2.02 bits per heavy atom. The van der Waals surface area contributed by atoms with Crippen LogP contribution in [0.25, 0.3) is 11.0 Å². The molecule has 4 aromatic rings. The number of fused-ring (bicyclic) bond motifs is 2. The summed E-state index contributed by atoms with van der Waals surface area (Å²) in [5, 5.41) is 29.7. The molecule has 43 heavy (non-hydrogen) atoms. The Labute approximate surface area is 250 Å². The van der Waals surface area contributed by atoms with Gasteiger partial charge < -0.3 is 26.0 Å². The van der Waals surface area contributed by atoms with Crippen LogP contribution in [0, 0.1) is 5.92 Å². The van der Waals surface area contributed by atoms with Gasteiger partial charge in [0.2, 0.25) is 11.9 Å². The third kappa shape index (κ3) is 5.77. The lowest BCUT2D eigenvalue weighted by Crippen LogP contribution is -2.44. The molecule has 2 aliphatic carbocycles. The molecule has 3 atom stereocenters. The fourth-order valence-corrected chi connectivity index (χ4v) is 6.17. The van der Waals surface area contributed by atoms with Gasteiger partial charge in [0, 0.05) is 31.2 Å². The molecular weight excluding hydrogens is 542 g/mol. The zero-order valence-electron chi connectivity index (χ0n) is 24.3. The highest BCUT2D eigenvalue weighted by molar-refractivity contribution is 5.81. The molecule has 2 fully saturated rings. The van der Waals surface area contributed by atoms with Crippen molar-refractivity contribution in [3.05, 3.63) is 71.9 Å². The highest BCUT2D eigenvalue weighted by atomic mass is 16.3. The zero-order valence-corrected chi connectivity index (χ0v) is 24.3. The van der Waals surface area contributed by atoms with Crippen molar-refractivity contribution in [1.29, 1.82) is 0 Å². The molecule has 3 heterocycles. The number of benzene rings is 2. The lowest BCUT2D eigenvalue weighted by molar-refractivity contribution is -0.125. The van der Waals surface area contributed by atoms with Gasteiger partial charge in [0.05, 0.1) is 42.0 Å². The first-order valence-electron chi connectivity index (χ1n) is 15.1. The molecule has 0 spiro atoms. The number of aromatic nitrogens is 5. The van der Waals surface area contributed by atoms with Crippen molar-refractivity contribution < 1.29 is 9.90 Å². The molecule has 3 aliphatic rings. The number of piperidine rings is 1. The molecule has 1 saturated heterocycles. The summed E-state index contributed by atoms with van der Waals surface area (Å²) in [5.74, 6) is 1.10. The molecule has 1 amide bonds. The molecule has 1 unspecified atom stereocenters. The van der Waals surface area contributed by atoms with Gasteiger partial charge in [-0.2, -0.15) is 4.98 Å². The highest BCUT2D eigenvalue weighted by Gasteiger charge is 2.34. The summed E-state index contributed by atoms with van der Waals surface area (Å²) in [7, 11) is 0. The summed E-state index contributed by atoms with van der Waals surface area (Å²) in [6.07, 6.45) is 5.73. The molecule has 11 heteroatoms. The predicted octanol–water partition coefficient (Wildman–Crippen LogP) is 4.11. The minimum absolute atomic E-state index is 0.0813. The molecular formula is C32H37N9O2. The third-order valence-corrected chi connectivity index (χ3v) is 8.51. The second kappa shape index (κ2) is 11.3. The number of nitrogens with one attached hydrogen (secondary N) is 3. The number of aliphatic hydroxyl groups is 1. The molecule has 222 valence electrons. The number of amides is 1. The summed E-state index contributed by atoms with van der Waals surface area (Å²) in [4.78, 5) is 24.8. The SMILES string of the molecule is C=C(C)Cn1nnc2ccc(Nc3ncc(N4CCCC(C(=O)NC5CC5)C4)c(N[C@H]4c5ccccc5C[C@H]4O)n3)cc21. The Balaban J connectivity index is 1.19. The van der Waals surface area contributed by atoms with Gasteiger partial charge in [-0.1, -0.05) is 41.6 Å². The van der Waals surface area contributed by atoms with Crippen LogP contribution in [0.3, 0.4) is 0 Å². The van der Waals surface area contributed by atoms with Crippen molar-refractivity contribution in [3.8, 4) is 0 Å². The number of carbonyl (C=O) groups excluding carboxylic acids is 1. The normalized spacial score (nSPS) is 21.4. The number of aliphatic hydroxyl groups excluding tert-OH is 1. The summed E-state index contributed by atoms with van der Waals surface area (Å²) < 4.78 is 1.82. The monoisotopic (exact) mass is 579 g/mol. The average Bonchev–Trinajstić information content (AvgIpc) is 3.66. The van der Waals surface area contributed by atoms with E-state index in [1.54, 1.807) is 0 Å². The number of nitrogens with zero attached hydrogens (tertiary/aromatic N) is 6. The van der Waals surface area contributed by atoms with Crippen LogP contribution in [0.1, 0.15) is 49.8 Å². The van der Waals surface area contributed by atoms with Gasteiger partial charge in [-0.25, -0.2) is 9.67 Å². The third-order valence-electron chi connectivity index (χ3n) is 8.51. The summed E-state index contributed by atoms with van der Waals surface area (Å²) in [6, 6.07) is 14.0. The first-order valence-corrected chi connectivity index (χ1v) is 15.1. The number of hydrogen-bond donors (Lipinski definition) is 4. The minimum Gasteiger partial charge on any atom is -0.390 e. The lowest BCUT2D eigenvalue weighted by atomic mass is 9.96. The Morgan fingerprint density at radius 1 is 1.16 bits per heavy atom. The minimum atomic E-state index is -0.585. The average molecular weight is 580 g/mol. The summed E-state index contributed by atoms with van der Waals surface area (Å²) in [5.41, 5.74) is 6.49. The van der Waals surface area contributed by atoms with Gasteiger partial charge in [-0.05, 0) is 61.9 Å². The van der Waals surface area contributed by atoms with E-state index in [1.165, 1.54) is 0 Å². The van der Waals surface area contributed by atoms with Gasteiger partial charge in [0.15, 0.2) is 5.82 Å². The first-order chi connectivity index (χ1) is 20.9. The van der Waals surface area contributed by atoms with Gasteiger partial charge in [-0.15, -0.1) is 5.10 Å². The maximum absolute atomic E-state index is 12.9. The van der Waals surface area contributed by atoms with Gasteiger partial charge in [-0.3, -0.25) is 4.79 Å². The molecule has 0 bridgehead atoms. The fraction of sp³-hybridized carbons (Fsp3) is 0.406. The molecule has 11 nitrogen and oxygen atoms in total. The highest BCUT2D eigenvalue weighted by Crippen LogP contribution is 2.37. The van der Waals surface area contributed by atoms with E-state index in [2.05, 4.69) is 49.9 Å². The summed E-state index contributed by atoms with van der Waals surface area (Å²) in [6.45, 7) is 7.95. The van der Waals surface area contributed by atoms with E-state index in [1.807, 2.05) is 48.1 Å². The van der Waals surface area contributed by atoms with Crippen LogP contribution in [0.5, 0.6) is 0 Å². The van der Waals surface area contributed by atoms with E-state index < -0.39 is 6.10 Å². The van der Waals surface area contributed by atoms with Crippen LogP contribution in [0.2, 0.25) is 0 Å². The van der Waals surface area contributed by atoms with E-state index >= 15 is 0 Å². The van der Waals surface area contributed by atoms with E-state index in [0.29, 0.717) is 37.3 Å². The molecule has 1 aliphatic heterocycles. The molecule has 4 N–H and O–H groups in total. The number of anilines is 4. The van der Waals surface area contributed by atoms with Gasteiger partial charge in [0.25, 0.3) is 0 Å². The van der Waals surface area contributed by atoms with Crippen LogP contribution in [0.15, 0.2) is 60.8 Å². The van der Waals surface area contributed by atoms with Crippen molar-refractivity contribution >= 4 is 40.1 Å². The first kappa shape index (κ1) is 27.3. The maximum Gasteiger partial charge on any atom is 0.229 e. The topological polar surface area (TPSA) is 133 Å². The smallest absolute Gasteiger partial charge is 0.229 e. The number of rotatable bonds is 9. The number of hydrogen-bond acceptors (Lipinski definition) is 9. The van der Waals surface area contributed by atoms with Crippen LogP contribution >= 0.6 is 0 Å². The second-order valence-electron chi connectivity index (χ2n) is 12.1. The van der Waals surface area contributed by atoms with Gasteiger partial charge in [0.1, 0.15) is 5.52 Å². The standard InChI is InChI=1S/C32H37N9O2/c1-19(2)17-41-26-15-23(11-12-25(26)38-39-41)35-32-33-16-27(40-13-5-7-21(18-40)31(43)34-22-9-10-22)30(37-32)36-29-24-8-4-3-6-20(24)14-28(29)42/h3-4,6,8,11-12,15-16,21-22,28-29,42H,1,5,7,9-10,13-14,17-18H2,2H3,(H,34,43)(H2,33,35,36,37)/t21?,28-,29+/m1/s1. The largest absolute Gasteiger partial charge is 0.390 e. The Morgan fingerprint density at radius 3 is 2.86 bits per heavy atom. The van der Waals surface area contributed by atoms with Crippen molar-refractivity contribution in [2.75, 3.05) is 28.6 Å². The lowest BCUT2D eigenvalue weighted by Gasteiger charge is -2.35. The molecule has 2 aromatic heterocycles. The number of carbonyl (C=O) groups is 1. The van der Waals surface area contributed by atoms with Gasteiger partial charge >= 0.3 is 0 Å². The molecule has 0 radical (unpaired) electrons. The second-order valence-corrected chi connectivity index (χ2v) is 12.1. The Hall–Kier alpha value is -4.51. The predicted molar refractivity (Wildman–Crippen MR) is 166 cm³/mol. The van der Waals surface area contributed by atoms with E-state index in [4.69, 9.17) is 9.97 Å². The zero-order chi connectivity index (χ0) is 29.5. The van der Waals surface area contributed by atoms with Crippen molar-refractivity contribution in [2.45, 2.75) is 63.8 Å². The number of allylic oxidation sites excluding steroid dienone is 1. The van der Waals surface area contributed by atoms with E-state index in [-0.39, 0.29) is 17.9 Å². The van der Waals surface area contributed by atoms with Crippen LogP contribution in [0.4, 0.5) is 23.1 Å². The van der Waals surface area contributed by atoms with Crippen molar-refractivity contribution in [1.82, 2.24) is 30.3 Å². The maximum atomic E-state index is 12.9. The fourth-order valence-electron chi connectivity index (χ4n) is 6.17. The quantitative estimate of drug-likeness (QED) is 0.216. The molecule has 1 saturated carbocycles.